The number of anilines is 3. The smallest absolute Gasteiger partial charge is 0.294 e. The van der Waals surface area contributed by atoms with Crippen LogP contribution in [0.1, 0.15) is 40.5 Å². The van der Waals surface area contributed by atoms with Gasteiger partial charge in [0.1, 0.15) is 35.4 Å². The van der Waals surface area contributed by atoms with Crippen molar-refractivity contribution < 1.29 is 40.2 Å². The molecule has 0 aliphatic carbocycles. The quantitative estimate of drug-likeness (QED) is 0.0789. The Kier molecular flexibility index (Phi) is 15.8. The van der Waals surface area contributed by atoms with Crippen molar-refractivity contribution in [1.82, 2.24) is 0 Å². The van der Waals surface area contributed by atoms with Gasteiger partial charge in [0.25, 0.3) is 20.2 Å². The van der Waals surface area contributed by atoms with Gasteiger partial charge in [0.2, 0.25) is 5.96 Å². The normalized spacial score (nSPS) is 16.2. The molecule has 0 fully saturated rings. The summed E-state index contributed by atoms with van der Waals surface area (Å²) in [4.78, 5) is 18.9. The van der Waals surface area contributed by atoms with Crippen LogP contribution in [-0.4, -0.2) is 95.7 Å². The summed E-state index contributed by atoms with van der Waals surface area (Å²) in [5, 5.41) is 22.1. The van der Waals surface area contributed by atoms with Crippen molar-refractivity contribution in [1.29, 1.82) is 0 Å². The summed E-state index contributed by atoms with van der Waals surface area (Å²) in [6.45, 7) is 10.8. The fourth-order valence-corrected chi connectivity index (χ4v) is 8.55. The van der Waals surface area contributed by atoms with E-state index < -0.39 is 20.2 Å². The minimum atomic E-state index is -4.40. The lowest BCUT2D eigenvalue weighted by Gasteiger charge is -2.26. The van der Waals surface area contributed by atoms with Crippen LogP contribution < -0.4 is 24.6 Å². The molecule has 4 aromatic carbocycles. The number of hydrogen-bond acceptors (Lipinski definition) is 18. The van der Waals surface area contributed by atoms with Crippen LogP contribution in [0.25, 0.3) is 0 Å². The number of rotatable bonds is 14. The number of azo groups is 2. The Hall–Kier alpha value is -5.78. The van der Waals surface area contributed by atoms with E-state index in [2.05, 4.69) is 37.6 Å². The van der Waals surface area contributed by atoms with E-state index in [1.807, 2.05) is 37.8 Å². The van der Waals surface area contributed by atoms with Crippen molar-refractivity contribution in [2.75, 3.05) is 68.1 Å². The van der Waals surface area contributed by atoms with Gasteiger partial charge in [-0.05, 0) is 87.9 Å². The van der Waals surface area contributed by atoms with Crippen molar-refractivity contribution >= 4 is 94.3 Å². The van der Waals surface area contributed by atoms with Gasteiger partial charge in [-0.1, -0.05) is 6.92 Å². The van der Waals surface area contributed by atoms with Crippen LogP contribution >= 0.6 is 11.8 Å². The molecule has 1 atom stereocenters. The number of benzene rings is 4. The van der Waals surface area contributed by atoms with Gasteiger partial charge in [-0.25, -0.2) is 9.98 Å². The molecule has 340 valence electrons. The standard InChI is InChI=1S/C42H50N10O9S3/c1-7-27-21-40-45-42(44-33-23-36(51(8-2)9-3)38(59-5)25-35(33)50-48-29-13-17-31(18-14-29)64(56,57)58)46-41(27)43-32-22-37(52(10-4)26-61-19-20-62-40)39(60-6)24-34(32)49-47-28-11-15-30(16-12-28)63(53,54)55/h11-18,22-25,27H,7-10,19-21,26H2,1-6H3,(H,43,44,46)(H,53,54,55)(H,56,57,58). The minimum absolute atomic E-state index is 0.188. The lowest BCUT2D eigenvalue weighted by Crippen LogP contribution is -2.27. The molecule has 0 radical (unpaired) electrons. The number of hydrogen-bond donors (Lipinski definition) is 3. The van der Waals surface area contributed by atoms with Gasteiger partial charge in [0.15, 0.2) is 0 Å². The average Bonchev–Trinajstić information content (AvgIpc) is 3.44. The molecule has 64 heavy (non-hydrogen) atoms. The molecule has 2 heterocycles. The molecule has 0 spiro atoms. The molecule has 0 amide bonds. The van der Waals surface area contributed by atoms with Crippen molar-refractivity contribution in [3.05, 3.63) is 72.8 Å². The summed E-state index contributed by atoms with van der Waals surface area (Å²) < 4.78 is 83.4. The Morgan fingerprint density at radius 1 is 0.797 bits per heavy atom. The number of methoxy groups -OCH3 is 2. The maximum atomic E-state index is 11.7. The third-order valence-electron chi connectivity index (χ3n) is 10.2. The molecule has 4 aromatic rings. The summed E-state index contributed by atoms with van der Waals surface area (Å²) in [5.74, 6) is 2.15. The summed E-state index contributed by atoms with van der Waals surface area (Å²) in [5.41, 5.74) is 3.74. The molecule has 0 aromatic heterocycles. The largest absolute Gasteiger partial charge is 0.494 e. The first-order chi connectivity index (χ1) is 30.7. The number of aliphatic imine (C=N–C) groups is 3. The lowest BCUT2D eigenvalue weighted by molar-refractivity contribution is 0.150. The number of nitrogens with zero attached hydrogens (tertiary/aromatic N) is 9. The van der Waals surface area contributed by atoms with Crippen molar-refractivity contribution in [3.8, 4) is 11.5 Å². The first-order valence-corrected chi connectivity index (χ1v) is 24.2. The van der Waals surface area contributed by atoms with Gasteiger partial charge >= 0.3 is 0 Å². The van der Waals surface area contributed by atoms with Crippen LogP contribution in [0.5, 0.6) is 11.5 Å². The second-order valence-corrected chi connectivity index (χ2v) is 18.2. The topological polar surface area (TPSA) is 241 Å². The Bertz CT molecular complexity index is 2690. The predicted octanol–water partition coefficient (Wildman–Crippen LogP) is 9.75. The maximum absolute atomic E-state index is 11.7. The molecule has 22 heteroatoms. The molecule has 2 aliphatic heterocycles. The number of nitrogens with one attached hydrogen (secondary N) is 1. The first-order valence-electron chi connectivity index (χ1n) is 20.3. The fraction of sp³-hybridized carbons (Fsp3) is 0.357. The lowest BCUT2D eigenvalue weighted by atomic mass is 10.0. The van der Waals surface area contributed by atoms with Crippen molar-refractivity contribution in [2.24, 2.45) is 41.4 Å². The molecule has 3 N–H and O–H groups in total. The number of ether oxygens (including phenoxy) is 3. The molecule has 19 nitrogen and oxygen atoms in total. The summed E-state index contributed by atoms with van der Waals surface area (Å²) in [7, 11) is -5.68. The third kappa shape index (κ3) is 11.9. The van der Waals surface area contributed by atoms with Crippen LogP contribution in [0, 0.1) is 5.92 Å². The third-order valence-corrected chi connectivity index (χ3v) is 12.9. The number of thioether (sulfide) groups is 1. The number of fused-ring (bicyclic) bond motifs is 5. The zero-order valence-electron chi connectivity index (χ0n) is 36.2. The van der Waals surface area contributed by atoms with Crippen molar-refractivity contribution in [2.45, 2.75) is 50.3 Å². The fourth-order valence-electron chi connectivity index (χ4n) is 6.68. The van der Waals surface area contributed by atoms with E-state index in [0.717, 1.165) is 10.7 Å². The van der Waals surface area contributed by atoms with Gasteiger partial charge < -0.3 is 29.3 Å². The highest BCUT2D eigenvalue weighted by Gasteiger charge is 2.26. The van der Waals surface area contributed by atoms with Gasteiger partial charge in [-0.15, -0.1) is 22.0 Å². The summed E-state index contributed by atoms with van der Waals surface area (Å²) >= 11 is 1.56. The minimum Gasteiger partial charge on any atom is -0.494 e. The van der Waals surface area contributed by atoms with Crippen LogP contribution in [0.3, 0.4) is 0 Å². The van der Waals surface area contributed by atoms with E-state index >= 15 is 0 Å². The van der Waals surface area contributed by atoms with E-state index in [0.29, 0.717) is 102 Å². The highest BCUT2D eigenvalue weighted by Crippen LogP contribution is 2.43. The van der Waals surface area contributed by atoms with Gasteiger partial charge in [0, 0.05) is 49.9 Å². The molecule has 1 unspecified atom stereocenters. The van der Waals surface area contributed by atoms with Gasteiger partial charge in [0.05, 0.1) is 69.8 Å². The van der Waals surface area contributed by atoms with Crippen LogP contribution in [-0.2, 0) is 25.0 Å². The Morgan fingerprint density at radius 2 is 1.39 bits per heavy atom. The van der Waals surface area contributed by atoms with E-state index in [9.17, 15) is 25.9 Å². The summed E-state index contributed by atoms with van der Waals surface area (Å²) in [6.07, 6.45) is 1.19. The Morgan fingerprint density at radius 3 is 1.94 bits per heavy atom. The SMILES string of the molecule is CCC1CC2=NC(Nc3cc(N(CC)CC)c(OC)cc3N=Nc3ccc(S(=O)(=O)O)cc3)=NC1=Nc1cc(c(OC)cc1N=Nc1ccc(S(=O)(=O)O)cc1)N(CC)COCCS2. The van der Waals surface area contributed by atoms with Crippen LogP contribution in [0.15, 0.2) is 118 Å². The second-order valence-electron chi connectivity index (χ2n) is 14.2. The molecule has 6 rings (SSSR count). The molecule has 2 aliphatic rings. The van der Waals surface area contributed by atoms with Crippen LogP contribution in [0.4, 0.5) is 45.5 Å². The average molecular weight is 935 g/mol. The molecule has 4 bridgehead atoms. The molecule has 0 saturated heterocycles. The van der Waals surface area contributed by atoms with E-state index in [1.54, 1.807) is 38.1 Å². The Balaban J connectivity index is 1.52. The number of amidine groups is 1. The van der Waals surface area contributed by atoms with Crippen molar-refractivity contribution in [3.63, 3.8) is 0 Å². The summed E-state index contributed by atoms with van der Waals surface area (Å²) in [6, 6.07) is 17.8. The van der Waals surface area contributed by atoms with E-state index in [1.165, 1.54) is 48.5 Å². The van der Waals surface area contributed by atoms with Gasteiger partial charge in [-0.3, -0.25) is 9.11 Å². The zero-order chi connectivity index (χ0) is 46.0. The zero-order valence-corrected chi connectivity index (χ0v) is 38.6. The van der Waals surface area contributed by atoms with E-state index in [-0.39, 0.29) is 28.4 Å². The highest BCUT2D eigenvalue weighted by molar-refractivity contribution is 8.14. The monoisotopic (exact) mass is 934 g/mol. The first kappa shape index (κ1) is 47.7. The highest BCUT2D eigenvalue weighted by atomic mass is 32.2. The predicted molar refractivity (Wildman–Crippen MR) is 251 cm³/mol. The van der Waals surface area contributed by atoms with E-state index in [4.69, 9.17) is 29.2 Å². The van der Waals surface area contributed by atoms with Gasteiger partial charge in [-0.2, -0.15) is 32.1 Å². The molecular weight excluding hydrogens is 885 g/mol. The molecular formula is C42H50N10O9S3. The second kappa shape index (κ2) is 21.3. The van der Waals surface area contributed by atoms with Crippen LogP contribution in [0.2, 0.25) is 0 Å². The molecule has 0 saturated carbocycles. The number of guanidine groups is 1. The Labute approximate surface area is 377 Å². The maximum Gasteiger partial charge on any atom is 0.294 e.